The van der Waals surface area contributed by atoms with E-state index in [-0.39, 0.29) is 0 Å². The van der Waals surface area contributed by atoms with Gasteiger partial charge >= 0.3 is 0 Å². The molecule has 1 amide bonds. The Morgan fingerprint density at radius 2 is 2.03 bits per heavy atom. The average molecular weight is 414 g/mol. The summed E-state index contributed by atoms with van der Waals surface area (Å²) in [5.41, 5.74) is 14.1. The number of para-hydroxylation sites is 1. The van der Waals surface area contributed by atoms with Crippen LogP contribution < -0.4 is 11.2 Å². The van der Waals surface area contributed by atoms with E-state index in [4.69, 9.17) is 10.8 Å². The van der Waals surface area contributed by atoms with Crippen molar-refractivity contribution in [1.29, 1.82) is 0 Å². The van der Waals surface area contributed by atoms with Crippen LogP contribution in [0.25, 0.3) is 33.4 Å². The third-order valence-electron chi connectivity index (χ3n) is 5.71. The van der Waals surface area contributed by atoms with E-state index in [2.05, 4.69) is 16.0 Å². The van der Waals surface area contributed by atoms with E-state index in [0.717, 1.165) is 51.0 Å². The van der Waals surface area contributed by atoms with Crippen LogP contribution in [0.1, 0.15) is 28.0 Å². The fourth-order valence-electron chi connectivity index (χ4n) is 4.19. The number of hydrogen-bond acceptors (Lipinski definition) is 6. The number of amides is 1. The summed E-state index contributed by atoms with van der Waals surface area (Å²) in [4.78, 5) is 21.6. The van der Waals surface area contributed by atoms with Crippen LogP contribution in [0.5, 0.6) is 0 Å². The number of rotatable bonds is 5. The predicted molar refractivity (Wildman–Crippen MR) is 117 cm³/mol. The number of carbonyl (C=O) groups is 1. The van der Waals surface area contributed by atoms with Crippen LogP contribution in [-0.4, -0.2) is 37.4 Å². The molecule has 4 aromatic rings. The zero-order chi connectivity index (χ0) is 21.4. The molecule has 0 aliphatic heterocycles. The molecule has 4 N–H and O–H groups in total. The van der Waals surface area contributed by atoms with Crippen molar-refractivity contribution in [3.8, 4) is 22.5 Å². The first-order valence-electron chi connectivity index (χ1n) is 10.3. The SMILES string of the molecule is NCCCn1nc2c(c1C(=O)NO)CCc1cnc(-c3cnc4ccccc4c3)cc1-2. The van der Waals surface area contributed by atoms with Crippen molar-refractivity contribution in [2.45, 2.75) is 25.8 Å². The van der Waals surface area contributed by atoms with Crippen molar-refractivity contribution in [3.05, 3.63) is 65.6 Å². The van der Waals surface area contributed by atoms with Crippen molar-refractivity contribution in [3.63, 3.8) is 0 Å². The lowest BCUT2D eigenvalue weighted by atomic mass is 9.89. The van der Waals surface area contributed by atoms with Crippen LogP contribution in [0.2, 0.25) is 0 Å². The zero-order valence-electron chi connectivity index (χ0n) is 16.9. The number of carbonyl (C=O) groups excluding carboxylic acids is 1. The van der Waals surface area contributed by atoms with Crippen molar-refractivity contribution in [2.24, 2.45) is 5.73 Å². The van der Waals surface area contributed by atoms with Crippen molar-refractivity contribution < 1.29 is 10.0 Å². The second-order valence-corrected chi connectivity index (χ2v) is 7.63. The van der Waals surface area contributed by atoms with Crippen LogP contribution in [0, 0.1) is 0 Å². The third-order valence-corrected chi connectivity index (χ3v) is 5.71. The standard InChI is InChI=1S/C23H22N6O2/c24-8-3-9-29-22(23(30)28-31)17-7-6-15-12-26-20(11-18(15)21(17)27-29)16-10-14-4-1-2-5-19(14)25-13-16/h1-2,4-5,10-13,31H,3,6-9,24H2,(H,28,30). The van der Waals surface area contributed by atoms with Crippen LogP contribution in [0.4, 0.5) is 0 Å². The molecule has 0 fully saturated rings. The van der Waals surface area contributed by atoms with Gasteiger partial charge in [0.15, 0.2) is 0 Å². The molecular weight excluding hydrogens is 392 g/mol. The van der Waals surface area contributed by atoms with Gasteiger partial charge in [-0.2, -0.15) is 5.10 Å². The zero-order valence-corrected chi connectivity index (χ0v) is 16.9. The Bertz CT molecular complexity index is 1300. The van der Waals surface area contributed by atoms with E-state index in [9.17, 15) is 10.0 Å². The van der Waals surface area contributed by atoms with E-state index >= 15 is 0 Å². The minimum Gasteiger partial charge on any atom is -0.330 e. The fraction of sp³-hybridized carbons (Fsp3) is 0.217. The summed E-state index contributed by atoms with van der Waals surface area (Å²) in [5, 5.41) is 15.0. The predicted octanol–water partition coefficient (Wildman–Crippen LogP) is 2.73. The van der Waals surface area contributed by atoms with E-state index < -0.39 is 5.91 Å². The molecule has 0 atom stereocenters. The van der Waals surface area contributed by atoms with Gasteiger partial charge in [-0.05, 0) is 49.6 Å². The summed E-state index contributed by atoms with van der Waals surface area (Å²) in [7, 11) is 0. The molecule has 8 nitrogen and oxygen atoms in total. The van der Waals surface area contributed by atoms with Crippen LogP contribution in [0.3, 0.4) is 0 Å². The maximum absolute atomic E-state index is 12.4. The maximum atomic E-state index is 12.4. The average Bonchev–Trinajstić information content (AvgIpc) is 3.20. The van der Waals surface area contributed by atoms with E-state index in [1.807, 2.05) is 42.7 Å². The minimum absolute atomic E-state index is 0.391. The van der Waals surface area contributed by atoms with Crippen molar-refractivity contribution >= 4 is 16.8 Å². The number of pyridine rings is 2. The van der Waals surface area contributed by atoms with Gasteiger partial charge < -0.3 is 5.73 Å². The molecule has 1 aliphatic carbocycles. The van der Waals surface area contributed by atoms with Gasteiger partial charge in [0, 0.05) is 41.0 Å². The molecule has 0 saturated carbocycles. The number of nitrogens with two attached hydrogens (primary N) is 1. The number of nitrogens with zero attached hydrogens (tertiary/aromatic N) is 4. The van der Waals surface area contributed by atoms with Gasteiger partial charge in [0.1, 0.15) is 5.69 Å². The Labute approximate surface area is 178 Å². The van der Waals surface area contributed by atoms with Gasteiger partial charge in [-0.1, -0.05) is 18.2 Å². The fourth-order valence-corrected chi connectivity index (χ4v) is 4.19. The van der Waals surface area contributed by atoms with E-state index in [1.54, 1.807) is 10.2 Å². The molecule has 0 radical (unpaired) electrons. The first-order chi connectivity index (χ1) is 15.2. The van der Waals surface area contributed by atoms with Gasteiger partial charge in [0.2, 0.25) is 0 Å². The molecule has 5 rings (SSSR count). The van der Waals surface area contributed by atoms with Gasteiger partial charge in [0.25, 0.3) is 5.91 Å². The second kappa shape index (κ2) is 7.90. The number of benzene rings is 1. The molecule has 3 heterocycles. The number of aryl methyl sites for hydroxylation is 2. The van der Waals surface area contributed by atoms with Crippen molar-refractivity contribution in [1.82, 2.24) is 25.2 Å². The van der Waals surface area contributed by atoms with Gasteiger partial charge in [-0.25, -0.2) is 5.48 Å². The number of fused-ring (bicyclic) bond motifs is 4. The summed E-state index contributed by atoms with van der Waals surface area (Å²) in [6, 6.07) is 12.1. The monoisotopic (exact) mass is 414 g/mol. The molecule has 156 valence electrons. The highest BCUT2D eigenvalue weighted by atomic mass is 16.5. The first-order valence-corrected chi connectivity index (χ1v) is 10.3. The Morgan fingerprint density at radius 3 is 2.87 bits per heavy atom. The summed E-state index contributed by atoms with van der Waals surface area (Å²) in [6.45, 7) is 0.998. The second-order valence-electron chi connectivity index (χ2n) is 7.63. The number of hydroxylamine groups is 1. The first kappa shape index (κ1) is 19.3. The summed E-state index contributed by atoms with van der Waals surface area (Å²) >= 11 is 0. The maximum Gasteiger partial charge on any atom is 0.293 e. The lowest BCUT2D eigenvalue weighted by Crippen LogP contribution is -2.25. The number of hydrogen-bond donors (Lipinski definition) is 3. The Kier molecular flexibility index (Phi) is 4.93. The highest BCUT2D eigenvalue weighted by Gasteiger charge is 2.28. The molecule has 31 heavy (non-hydrogen) atoms. The number of nitrogens with one attached hydrogen (secondary N) is 1. The minimum atomic E-state index is -0.553. The highest BCUT2D eigenvalue weighted by molar-refractivity contribution is 5.96. The van der Waals surface area contributed by atoms with Crippen LogP contribution >= 0.6 is 0 Å². The quantitative estimate of drug-likeness (QED) is 0.341. The molecule has 1 aliphatic rings. The molecule has 0 unspecified atom stereocenters. The molecule has 0 saturated heterocycles. The third kappa shape index (κ3) is 3.35. The molecular formula is C23H22N6O2. The lowest BCUT2D eigenvalue weighted by Gasteiger charge is -2.16. The van der Waals surface area contributed by atoms with Crippen LogP contribution in [-0.2, 0) is 19.4 Å². The normalized spacial score (nSPS) is 12.5. The highest BCUT2D eigenvalue weighted by Crippen LogP contribution is 2.36. The molecule has 0 spiro atoms. The van der Waals surface area contributed by atoms with E-state index in [1.165, 1.54) is 0 Å². The topological polar surface area (TPSA) is 119 Å². The molecule has 0 bridgehead atoms. The summed E-state index contributed by atoms with van der Waals surface area (Å²) < 4.78 is 1.65. The van der Waals surface area contributed by atoms with Gasteiger partial charge in [0.05, 0.1) is 16.9 Å². The van der Waals surface area contributed by atoms with Gasteiger partial charge in [-0.3, -0.25) is 24.7 Å². The van der Waals surface area contributed by atoms with Crippen LogP contribution in [0.15, 0.2) is 48.8 Å². The Hall–Kier alpha value is -3.62. The summed E-state index contributed by atoms with van der Waals surface area (Å²) in [6.07, 6.45) is 5.80. The van der Waals surface area contributed by atoms with E-state index in [0.29, 0.717) is 31.6 Å². The molecule has 8 heteroatoms. The lowest BCUT2D eigenvalue weighted by molar-refractivity contribution is 0.0693. The smallest absolute Gasteiger partial charge is 0.293 e. The Balaban J connectivity index is 1.62. The molecule has 1 aromatic carbocycles. The molecule has 3 aromatic heterocycles. The Morgan fingerprint density at radius 1 is 1.16 bits per heavy atom. The summed E-state index contributed by atoms with van der Waals surface area (Å²) in [5.74, 6) is -0.553. The van der Waals surface area contributed by atoms with Crippen molar-refractivity contribution in [2.75, 3.05) is 6.54 Å². The van der Waals surface area contributed by atoms with Gasteiger partial charge in [-0.15, -0.1) is 0 Å². The number of aromatic nitrogens is 4. The largest absolute Gasteiger partial charge is 0.330 e.